The molecule has 0 aromatic rings. The van der Waals surface area contributed by atoms with Crippen molar-refractivity contribution >= 4 is 19.8 Å². The lowest BCUT2D eigenvalue weighted by Gasteiger charge is -2.28. The number of hydrogen-bond donors (Lipinski definition) is 0. The minimum atomic E-state index is -4.65. The largest absolute Gasteiger partial charge is 0.756 e. The number of carbonyl (C=O) groups excluding carboxylic acids is 2. The average Bonchev–Trinajstić information content (AvgIpc) is 3.38. The van der Waals surface area contributed by atoms with Gasteiger partial charge in [0.25, 0.3) is 7.82 Å². The van der Waals surface area contributed by atoms with Gasteiger partial charge in [-0.3, -0.25) is 14.2 Å². The van der Waals surface area contributed by atoms with Gasteiger partial charge in [-0.1, -0.05) is 244 Å². The monoisotopic (exact) mass is 1080 g/mol. The normalized spacial score (nSPS) is 14.2. The number of esters is 2. The molecule has 0 rings (SSSR count). The lowest BCUT2D eigenvalue weighted by molar-refractivity contribution is -0.870. The number of hydrogen-bond acceptors (Lipinski definition) is 8. The molecule has 2 atom stereocenters. The maximum absolute atomic E-state index is 12.8. The van der Waals surface area contributed by atoms with Gasteiger partial charge in [0.05, 0.1) is 27.7 Å². The van der Waals surface area contributed by atoms with Crippen molar-refractivity contribution in [3.63, 3.8) is 0 Å². The van der Waals surface area contributed by atoms with Crippen molar-refractivity contribution in [2.24, 2.45) is 0 Å². The van der Waals surface area contributed by atoms with Crippen molar-refractivity contribution in [2.75, 3.05) is 47.5 Å². The molecule has 0 aromatic heterocycles. The van der Waals surface area contributed by atoms with Crippen LogP contribution < -0.4 is 4.89 Å². The third kappa shape index (κ3) is 59.4. The van der Waals surface area contributed by atoms with Gasteiger partial charge in [0.2, 0.25) is 0 Å². The molecule has 0 aliphatic carbocycles. The van der Waals surface area contributed by atoms with E-state index in [0.717, 1.165) is 89.9 Å². The molecule has 0 heterocycles. The fraction of sp³-hybridized carbons (Fsp3) is 0.636. The lowest BCUT2D eigenvalue weighted by atomic mass is 10.0. The van der Waals surface area contributed by atoms with Crippen molar-refractivity contribution in [2.45, 2.75) is 225 Å². The van der Waals surface area contributed by atoms with Crippen molar-refractivity contribution in [1.82, 2.24) is 0 Å². The first kappa shape index (κ1) is 72.2. The molecule has 9 nitrogen and oxygen atoms in total. The average molecular weight is 1080 g/mol. The highest BCUT2D eigenvalue weighted by Gasteiger charge is 2.21. The summed E-state index contributed by atoms with van der Waals surface area (Å²) in [6.07, 6.45) is 81.2. The smallest absolute Gasteiger partial charge is 0.306 e. The number of likely N-dealkylation sites (N-methyl/N-ethyl adjacent to an activating group) is 1. The van der Waals surface area contributed by atoms with Crippen LogP contribution in [0.5, 0.6) is 0 Å². The second-order valence-corrected chi connectivity index (χ2v) is 22.0. The van der Waals surface area contributed by atoms with Crippen molar-refractivity contribution in [3.8, 4) is 0 Å². The first-order valence-electron chi connectivity index (χ1n) is 29.9. The van der Waals surface area contributed by atoms with Gasteiger partial charge >= 0.3 is 11.9 Å². The maximum atomic E-state index is 12.8. The van der Waals surface area contributed by atoms with Gasteiger partial charge < -0.3 is 27.9 Å². The van der Waals surface area contributed by atoms with Gasteiger partial charge in [-0.2, -0.15) is 0 Å². The summed E-state index contributed by atoms with van der Waals surface area (Å²) in [4.78, 5) is 37.7. The molecule has 0 aliphatic heterocycles. The molecule has 0 saturated carbocycles. The molecule has 10 heteroatoms. The quantitative estimate of drug-likeness (QED) is 0.0195. The van der Waals surface area contributed by atoms with E-state index in [1.807, 2.05) is 33.3 Å². The Morgan fingerprint density at radius 2 is 0.737 bits per heavy atom. The van der Waals surface area contributed by atoms with Crippen LogP contribution in [0.3, 0.4) is 0 Å². The van der Waals surface area contributed by atoms with E-state index in [1.165, 1.54) is 89.9 Å². The number of phosphoric acid groups is 1. The molecule has 0 amide bonds. The molecule has 0 fully saturated rings. The summed E-state index contributed by atoms with van der Waals surface area (Å²) >= 11 is 0. The summed E-state index contributed by atoms with van der Waals surface area (Å²) in [6.45, 7) is 3.91. The number of ether oxygens (including phenoxy) is 2. The van der Waals surface area contributed by atoms with E-state index in [4.69, 9.17) is 18.5 Å². The van der Waals surface area contributed by atoms with Crippen LogP contribution in [0, 0.1) is 0 Å². The van der Waals surface area contributed by atoms with Gasteiger partial charge in [0.15, 0.2) is 6.10 Å². The van der Waals surface area contributed by atoms with Crippen molar-refractivity contribution in [1.29, 1.82) is 0 Å². The zero-order valence-electron chi connectivity index (χ0n) is 48.9. The van der Waals surface area contributed by atoms with Gasteiger partial charge in [0.1, 0.15) is 19.8 Å². The van der Waals surface area contributed by atoms with Crippen LogP contribution >= 0.6 is 7.82 Å². The molecule has 0 saturated heterocycles. The zero-order valence-corrected chi connectivity index (χ0v) is 49.8. The third-order valence-corrected chi connectivity index (χ3v) is 13.1. The fourth-order valence-electron chi connectivity index (χ4n) is 7.65. The highest BCUT2D eigenvalue weighted by Crippen LogP contribution is 2.38. The second kappa shape index (κ2) is 55.9. The van der Waals surface area contributed by atoms with E-state index in [9.17, 15) is 19.0 Å². The number of phosphoric ester groups is 1. The Bertz CT molecular complexity index is 1740. The Balaban J connectivity index is 4.02. The molecular weight excluding hydrogens is 966 g/mol. The SMILES string of the molecule is CC/C=C\C/C=C\C/C=C\C/C=C\C/C=C\C/C=C\C/C=C\CCCCCCCCCCCCCCCCCCCC(=O)OC(COC(=O)CC/C=C\C/C=C\C/C=C\C/C=C\CC)COP(=O)([O-])OCC[N+](C)(C)C. The van der Waals surface area contributed by atoms with E-state index in [0.29, 0.717) is 23.9 Å². The van der Waals surface area contributed by atoms with Gasteiger partial charge in [0, 0.05) is 12.8 Å². The van der Waals surface area contributed by atoms with Crippen LogP contribution in [0.4, 0.5) is 0 Å². The van der Waals surface area contributed by atoms with Crippen LogP contribution in [-0.2, 0) is 32.7 Å². The summed E-state index contributed by atoms with van der Waals surface area (Å²) in [5.74, 6) is -0.933. The minimum Gasteiger partial charge on any atom is -0.756 e. The van der Waals surface area contributed by atoms with E-state index < -0.39 is 32.5 Å². The lowest BCUT2D eigenvalue weighted by Crippen LogP contribution is -2.37. The van der Waals surface area contributed by atoms with Crippen LogP contribution in [0.2, 0.25) is 0 Å². The molecule has 432 valence electrons. The molecule has 0 bridgehead atoms. The molecule has 0 spiro atoms. The maximum Gasteiger partial charge on any atom is 0.306 e. The molecule has 0 radical (unpaired) electrons. The summed E-state index contributed by atoms with van der Waals surface area (Å²) in [5.41, 5.74) is 0. The van der Waals surface area contributed by atoms with Crippen LogP contribution in [-0.4, -0.2) is 70.0 Å². The number of quaternary nitrogens is 1. The first-order chi connectivity index (χ1) is 37.0. The Hall–Kier alpha value is -3.85. The Labute approximate surface area is 466 Å². The summed E-state index contributed by atoms with van der Waals surface area (Å²) in [5, 5.41) is 0. The molecule has 0 aromatic carbocycles. The molecule has 0 N–H and O–H groups in total. The van der Waals surface area contributed by atoms with Crippen LogP contribution in [0.25, 0.3) is 0 Å². The molecule has 76 heavy (non-hydrogen) atoms. The number of nitrogens with zero attached hydrogens (tertiary/aromatic N) is 1. The molecular formula is C66H110NO8P. The predicted molar refractivity (Wildman–Crippen MR) is 323 cm³/mol. The fourth-order valence-corrected chi connectivity index (χ4v) is 8.38. The van der Waals surface area contributed by atoms with Crippen LogP contribution in [0.15, 0.2) is 134 Å². The van der Waals surface area contributed by atoms with Crippen molar-refractivity contribution < 1.29 is 42.1 Å². The number of unbranched alkanes of at least 4 members (excludes halogenated alkanes) is 17. The van der Waals surface area contributed by atoms with E-state index in [-0.39, 0.29) is 26.1 Å². The summed E-state index contributed by atoms with van der Waals surface area (Å²) in [6, 6.07) is 0. The van der Waals surface area contributed by atoms with Gasteiger partial charge in [-0.15, -0.1) is 0 Å². The Kier molecular flexibility index (Phi) is 53.1. The standard InChI is InChI=1S/C66H110NO8P/c1-6-8-10-12-14-16-18-20-21-22-23-24-25-26-27-28-29-30-31-32-33-34-35-36-37-38-39-40-41-42-43-44-45-47-49-51-53-55-57-59-66(69)75-64(63-74-76(70,71)73-61-60-67(3,4)5)62-72-65(68)58-56-54-52-50-48-46-19-17-15-13-11-9-7-2/h8-11,14-17,20-21,23-24,26-27,29-30,32-33,46,48,52,54,64H,6-7,12-13,18-19,22,25,28,31,34-45,47,49-51,53,55-63H2,1-5H3/b10-8-,11-9-,16-14-,17-15-,21-20-,24-23-,27-26-,30-29-,33-32-,48-46-,54-52-. The zero-order chi connectivity index (χ0) is 55.6. The summed E-state index contributed by atoms with van der Waals surface area (Å²) in [7, 11) is 1.12. The highest BCUT2D eigenvalue weighted by molar-refractivity contribution is 7.45. The Morgan fingerprint density at radius 1 is 0.408 bits per heavy atom. The second-order valence-electron chi connectivity index (χ2n) is 20.6. The van der Waals surface area contributed by atoms with E-state index in [1.54, 1.807) is 0 Å². The topological polar surface area (TPSA) is 111 Å². The van der Waals surface area contributed by atoms with Crippen LogP contribution in [0.1, 0.15) is 219 Å². The Morgan fingerprint density at radius 3 is 1.11 bits per heavy atom. The summed E-state index contributed by atoms with van der Waals surface area (Å²) < 4.78 is 34.0. The van der Waals surface area contributed by atoms with Gasteiger partial charge in [-0.05, 0) is 96.3 Å². The molecule has 0 aliphatic rings. The van der Waals surface area contributed by atoms with E-state index in [2.05, 4.69) is 135 Å². The minimum absolute atomic E-state index is 0.0463. The first-order valence-corrected chi connectivity index (χ1v) is 31.4. The number of rotatable bonds is 53. The highest BCUT2D eigenvalue weighted by atomic mass is 31.2. The van der Waals surface area contributed by atoms with Gasteiger partial charge in [-0.25, -0.2) is 0 Å². The van der Waals surface area contributed by atoms with E-state index >= 15 is 0 Å². The molecule has 2 unspecified atom stereocenters. The van der Waals surface area contributed by atoms with Crippen molar-refractivity contribution in [3.05, 3.63) is 134 Å². The third-order valence-electron chi connectivity index (χ3n) is 12.2. The predicted octanol–water partition coefficient (Wildman–Crippen LogP) is 18.3. The number of allylic oxidation sites excluding steroid dienone is 22. The number of carbonyl (C=O) groups is 2.